The van der Waals surface area contributed by atoms with Crippen molar-refractivity contribution >= 4 is 12.0 Å². The molecule has 3 heteroatoms. The van der Waals surface area contributed by atoms with Gasteiger partial charge in [0, 0.05) is 12.5 Å². The molecular weight excluding hydrogens is 288 g/mol. The molecule has 1 aromatic heterocycles. The highest BCUT2D eigenvalue weighted by molar-refractivity contribution is 5.85. The van der Waals surface area contributed by atoms with Crippen LogP contribution in [0.3, 0.4) is 0 Å². The molecule has 0 fully saturated rings. The minimum absolute atomic E-state index is 0.506. The first-order chi connectivity index (χ1) is 11.2. The lowest BCUT2D eigenvalue weighted by molar-refractivity contribution is -0.131. The maximum absolute atomic E-state index is 10.5. The summed E-state index contributed by atoms with van der Waals surface area (Å²) in [4.78, 5) is 10.5. The summed E-state index contributed by atoms with van der Waals surface area (Å²) in [5.74, 6) is 5.71. The van der Waals surface area contributed by atoms with Crippen molar-refractivity contribution in [3.63, 3.8) is 0 Å². The van der Waals surface area contributed by atoms with E-state index in [1.165, 1.54) is 63.7 Å². The van der Waals surface area contributed by atoms with Crippen molar-refractivity contribution in [1.29, 1.82) is 0 Å². The highest BCUT2D eigenvalue weighted by Crippen LogP contribution is 2.12. The van der Waals surface area contributed by atoms with Gasteiger partial charge in [-0.15, -0.1) is 0 Å². The summed E-state index contributed by atoms with van der Waals surface area (Å²) >= 11 is 0. The normalized spacial score (nSPS) is 10.7. The molecule has 0 unspecified atom stereocenters. The fourth-order valence-corrected chi connectivity index (χ4v) is 2.38. The lowest BCUT2D eigenvalue weighted by Crippen LogP contribution is -1.85. The van der Waals surface area contributed by atoms with E-state index in [1.807, 2.05) is 0 Å². The van der Waals surface area contributed by atoms with Crippen LogP contribution in [-0.2, 0) is 4.79 Å². The molecule has 0 bridgehead atoms. The van der Waals surface area contributed by atoms with Crippen molar-refractivity contribution in [3.8, 4) is 11.8 Å². The minimum Gasteiger partial charge on any atom is -0.478 e. The van der Waals surface area contributed by atoms with E-state index in [-0.39, 0.29) is 0 Å². The Bertz CT molecular complexity index is 529. The molecule has 0 aliphatic heterocycles. The van der Waals surface area contributed by atoms with Gasteiger partial charge in [-0.1, -0.05) is 70.1 Å². The van der Waals surface area contributed by atoms with Gasteiger partial charge >= 0.3 is 5.97 Å². The van der Waals surface area contributed by atoms with Gasteiger partial charge in [-0.3, -0.25) is 0 Å². The van der Waals surface area contributed by atoms with Crippen LogP contribution in [0.1, 0.15) is 82.5 Å². The zero-order valence-corrected chi connectivity index (χ0v) is 14.1. The fourth-order valence-electron chi connectivity index (χ4n) is 2.38. The van der Waals surface area contributed by atoms with E-state index >= 15 is 0 Å². The zero-order valence-electron chi connectivity index (χ0n) is 14.1. The molecule has 0 aliphatic carbocycles. The van der Waals surface area contributed by atoms with Crippen LogP contribution >= 0.6 is 0 Å². The van der Waals surface area contributed by atoms with Crippen molar-refractivity contribution in [1.82, 2.24) is 0 Å². The highest BCUT2D eigenvalue weighted by atomic mass is 16.4. The summed E-state index contributed by atoms with van der Waals surface area (Å²) in [5, 5.41) is 8.62. The Kier molecular flexibility index (Phi) is 10.4. The average molecular weight is 316 g/mol. The first-order valence-electron chi connectivity index (χ1n) is 8.71. The van der Waals surface area contributed by atoms with Gasteiger partial charge in [-0.2, -0.15) is 0 Å². The number of hydrogen-bond acceptors (Lipinski definition) is 2. The van der Waals surface area contributed by atoms with Crippen molar-refractivity contribution in [2.75, 3.05) is 0 Å². The van der Waals surface area contributed by atoms with Gasteiger partial charge in [0.25, 0.3) is 0 Å². The minimum atomic E-state index is -0.991. The molecule has 126 valence electrons. The molecular formula is C20H28O3. The van der Waals surface area contributed by atoms with Crippen molar-refractivity contribution in [2.24, 2.45) is 0 Å². The van der Waals surface area contributed by atoms with Crippen LogP contribution < -0.4 is 0 Å². The van der Waals surface area contributed by atoms with Gasteiger partial charge in [0.1, 0.15) is 5.76 Å². The molecule has 3 nitrogen and oxygen atoms in total. The number of unbranched alkanes of at least 4 members (excludes halogenated alkanes) is 9. The monoisotopic (exact) mass is 316 g/mol. The maximum Gasteiger partial charge on any atom is 0.328 e. The Morgan fingerprint density at radius 3 is 2.43 bits per heavy atom. The summed E-state index contributed by atoms with van der Waals surface area (Å²) in [6.45, 7) is 2.25. The molecule has 23 heavy (non-hydrogen) atoms. The third kappa shape index (κ3) is 9.63. The van der Waals surface area contributed by atoms with Crippen LogP contribution in [0.5, 0.6) is 0 Å². The molecule has 0 amide bonds. The standard InChI is InChI=1S/C20H28O3/c1-2-3-4-5-6-7-8-9-10-11-12-13-18-16-17-23-19(18)14-15-20(21)22/h14-17H,2-11H2,1H3,(H,21,22)/b15-14+. The van der Waals surface area contributed by atoms with Gasteiger partial charge in [0.05, 0.1) is 11.8 Å². The van der Waals surface area contributed by atoms with Crippen LogP contribution in [0.2, 0.25) is 0 Å². The molecule has 0 aromatic carbocycles. The SMILES string of the molecule is CCCCCCCCCCCC#Cc1ccoc1/C=C/C(=O)O. The molecule has 0 spiro atoms. The lowest BCUT2D eigenvalue weighted by atomic mass is 10.1. The van der Waals surface area contributed by atoms with E-state index in [0.29, 0.717) is 5.76 Å². The second kappa shape index (κ2) is 12.6. The van der Waals surface area contributed by atoms with Crippen molar-refractivity contribution < 1.29 is 14.3 Å². The summed E-state index contributed by atoms with van der Waals surface area (Å²) < 4.78 is 5.21. The predicted octanol–water partition coefficient (Wildman–Crippen LogP) is 5.65. The number of aliphatic carboxylic acids is 1. The van der Waals surface area contributed by atoms with E-state index in [1.54, 1.807) is 6.07 Å². The van der Waals surface area contributed by atoms with Gasteiger partial charge in [0.2, 0.25) is 0 Å². The zero-order chi connectivity index (χ0) is 16.8. The van der Waals surface area contributed by atoms with E-state index < -0.39 is 5.97 Å². The van der Waals surface area contributed by atoms with E-state index in [2.05, 4.69) is 18.8 Å². The molecule has 0 saturated heterocycles. The molecule has 1 aromatic rings. The van der Waals surface area contributed by atoms with Crippen LogP contribution in [0, 0.1) is 11.8 Å². The summed E-state index contributed by atoms with van der Waals surface area (Å²) in [6, 6.07) is 1.77. The number of rotatable bonds is 11. The number of carboxylic acids is 1. The Hall–Kier alpha value is -1.95. The summed E-state index contributed by atoms with van der Waals surface area (Å²) in [7, 11) is 0. The van der Waals surface area contributed by atoms with Crippen molar-refractivity contribution in [3.05, 3.63) is 29.7 Å². The van der Waals surface area contributed by atoms with E-state index in [9.17, 15) is 4.79 Å². The number of carboxylic acid groups (broad SMARTS) is 1. The molecule has 0 radical (unpaired) electrons. The number of furan rings is 1. The van der Waals surface area contributed by atoms with Gasteiger partial charge < -0.3 is 9.52 Å². The molecule has 1 heterocycles. The van der Waals surface area contributed by atoms with E-state index in [4.69, 9.17) is 9.52 Å². The molecule has 1 N–H and O–H groups in total. The topological polar surface area (TPSA) is 50.4 Å². The Morgan fingerprint density at radius 2 is 1.78 bits per heavy atom. The van der Waals surface area contributed by atoms with Crippen LogP contribution in [0.15, 0.2) is 22.8 Å². The third-order valence-corrected chi connectivity index (χ3v) is 3.70. The second-order valence-electron chi connectivity index (χ2n) is 5.75. The third-order valence-electron chi connectivity index (χ3n) is 3.70. The van der Waals surface area contributed by atoms with Gasteiger partial charge in [-0.05, 0) is 18.6 Å². The lowest BCUT2D eigenvalue weighted by Gasteiger charge is -2.00. The van der Waals surface area contributed by atoms with Crippen LogP contribution in [0.25, 0.3) is 6.08 Å². The molecule has 0 saturated carbocycles. The number of carbonyl (C=O) groups is 1. The maximum atomic E-state index is 10.5. The molecule has 0 aliphatic rings. The second-order valence-corrected chi connectivity index (χ2v) is 5.75. The Labute approximate surface area is 139 Å². The average Bonchev–Trinajstić information content (AvgIpc) is 2.98. The quantitative estimate of drug-likeness (QED) is 0.326. The predicted molar refractivity (Wildman–Crippen MR) is 94.1 cm³/mol. The first-order valence-corrected chi connectivity index (χ1v) is 8.71. The fraction of sp³-hybridized carbons (Fsp3) is 0.550. The summed E-state index contributed by atoms with van der Waals surface area (Å²) in [5.41, 5.74) is 0.749. The largest absolute Gasteiger partial charge is 0.478 e. The molecule has 1 rings (SSSR count). The molecule has 0 atom stereocenters. The highest BCUT2D eigenvalue weighted by Gasteiger charge is 2.00. The van der Waals surface area contributed by atoms with Crippen LogP contribution in [0.4, 0.5) is 0 Å². The van der Waals surface area contributed by atoms with Gasteiger partial charge in [0.15, 0.2) is 0 Å². The Balaban J connectivity index is 2.14. The van der Waals surface area contributed by atoms with Crippen LogP contribution in [-0.4, -0.2) is 11.1 Å². The van der Waals surface area contributed by atoms with Crippen molar-refractivity contribution in [2.45, 2.75) is 71.1 Å². The smallest absolute Gasteiger partial charge is 0.328 e. The van der Waals surface area contributed by atoms with E-state index in [0.717, 1.165) is 24.5 Å². The Morgan fingerprint density at radius 1 is 1.13 bits per heavy atom. The summed E-state index contributed by atoms with van der Waals surface area (Å²) in [6.07, 6.45) is 16.7. The first kappa shape index (κ1) is 19.1. The number of hydrogen-bond donors (Lipinski definition) is 1. The van der Waals surface area contributed by atoms with Gasteiger partial charge in [-0.25, -0.2) is 4.79 Å².